The van der Waals surface area contributed by atoms with E-state index in [0.717, 1.165) is 50.1 Å². The van der Waals surface area contributed by atoms with Gasteiger partial charge < -0.3 is 9.64 Å². The van der Waals surface area contributed by atoms with Crippen molar-refractivity contribution < 1.29 is 17.9 Å². The van der Waals surface area contributed by atoms with Gasteiger partial charge in [0.1, 0.15) is 5.75 Å². The number of nitrogens with zero attached hydrogens (tertiary/aromatic N) is 2. The predicted octanol–water partition coefficient (Wildman–Crippen LogP) is 4.25. The molecule has 4 rings (SSSR count). The topological polar surface area (TPSA) is 66.9 Å². The Labute approximate surface area is 197 Å². The van der Waals surface area contributed by atoms with Gasteiger partial charge in [0, 0.05) is 38.0 Å². The van der Waals surface area contributed by atoms with Gasteiger partial charge in [-0.2, -0.15) is 4.31 Å². The van der Waals surface area contributed by atoms with Crippen molar-refractivity contribution in [1.82, 2.24) is 9.21 Å². The van der Waals surface area contributed by atoms with Gasteiger partial charge in [-0.25, -0.2) is 8.42 Å². The lowest BCUT2D eigenvalue weighted by molar-refractivity contribution is -0.136. The SMILES string of the molecule is Cc1cccc(S(=O)(=O)N2CCCC(COc3ccccc3)(CC(=O)N3CCCCC3)C2)c1. The standard InChI is InChI=1S/C26H34N2O4S/c1-22-10-8-13-24(18-22)33(30,31)28-17-9-14-26(20-28,21-32-23-11-4-2-5-12-23)19-25(29)27-15-6-3-7-16-27/h2,4-5,8,10-13,18H,3,6-7,9,14-17,19-21H2,1H3. The molecular formula is C26H34N2O4S. The number of carbonyl (C=O) groups is 1. The van der Waals surface area contributed by atoms with Crippen molar-refractivity contribution in [3.05, 3.63) is 60.2 Å². The first-order chi connectivity index (χ1) is 15.9. The van der Waals surface area contributed by atoms with Gasteiger partial charge >= 0.3 is 0 Å². The number of likely N-dealkylation sites (tertiary alicyclic amines) is 1. The smallest absolute Gasteiger partial charge is 0.243 e. The van der Waals surface area contributed by atoms with Gasteiger partial charge in [0.25, 0.3) is 0 Å². The predicted molar refractivity (Wildman–Crippen MR) is 129 cm³/mol. The third kappa shape index (κ3) is 5.76. The van der Waals surface area contributed by atoms with Crippen molar-refractivity contribution in [3.63, 3.8) is 0 Å². The summed E-state index contributed by atoms with van der Waals surface area (Å²) in [7, 11) is -3.65. The number of aryl methyl sites for hydroxylation is 1. The van der Waals surface area contributed by atoms with E-state index in [9.17, 15) is 13.2 Å². The third-order valence-corrected chi connectivity index (χ3v) is 8.62. The second-order valence-corrected chi connectivity index (χ2v) is 11.4. The van der Waals surface area contributed by atoms with Crippen LogP contribution in [0.2, 0.25) is 0 Å². The maximum absolute atomic E-state index is 13.5. The van der Waals surface area contributed by atoms with Crippen LogP contribution in [-0.2, 0) is 14.8 Å². The first-order valence-corrected chi connectivity index (χ1v) is 13.3. The number of para-hydroxylation sites is 1. The van der Waals surface area contributed by atoms with E-state index in [4.69, 9.17) is 4.74 Å². The molecule has 2 saturated heterocycles. The Morgan fingerprint density at radius 2 is 1.73 bits per heavy atom. The number of hydrogen-bond acceptors (Lipinski definition) is 4. The minimum atomic E-state index is -3.65. The van der Waals surface area contributed by atoms with Crippen LogP contribution in [-0.4, -0.2) is 56.3 Å². The average molecular weight is 471 g/mol. The lowest BCUT2D eigenvalue weighted by Gasteiger charge is -2.42. The van der Waals surface area contributed by atoms with Crippen LogP contribution in [0.25, 0.3) is 0 Å². The van der Waals surface area contributed by atoms with E-state index in [1.165, 1.54) is 0 Å². The third-order valence-electron chi connectivity index (χ3n) is 6.78. The molecule has 0 spiro atoms. The van der Waals surface area contributed by atoms with E-state index in [-0.39, 0.29) is 12.5 Å². The fourth-order valence-corrected chi connectivity index (χ4v) is 6.63. The Bertz CT molecular complexity index is 1050. The van der Waals surface area contributed by atoms with Gasteiger partial charge in [-0.05, 0) is 68.9 Å². The molecule has 1 unspecified atom stereocenters. The summed E-state index contributed by atoms with van der Waals surface area (Å²) in [5.41, 5.74) is 0.353. The number of piperidine rings is 2. The molecule has 0 aromatic heterocycles. The highest BCUT2D eigenvalue weighted by molar-refractivity contribution is 7.89. The van der Waals surface area contributed by atoms with Crippen LogP contribution in [0, 0.1) is 12.3 Å². The molecule has 1 atom stereocenters. The van der Waals surface area contributed by atoms with Gasteiger partial charge in [0.05, 0.1) is 11.5 Å². The highest BCUT2D eigenvalue weighted by Gasteiger charge is 2.43. The zero-order chi connectivity index (χ0) is 23.3. The lowest BCUT2D eigenvalue weighted by Crippen LogP contribution is -2.51. The fraction of sp³-hybridized carbons (Fsp3) is 0.500. The molecule has 6 nitrogen and oxygen atoms in total. The first-order valence-electron chi connectivity index (χ1n) is 11.9. The second kappa shape index (κ2) is 10.3. The summed E-state index contributed by atoms with van der Waals surface area (Å²) in [6, 6.07) is 16.6. The van der Waals surface area contributed by atoms with Crippen LogP contribution >= 0.6 is 0 Å². The van der Waals surface area contributed by atoms with Crippen LogP contribution in [0.1, 0.15) is 44.1 Å². The number of hydrogen-bond donors (Lipinski definition) is 0. The number of amides is 1. The summed E-state index contributed by atoms with van der Waals surface area (Å²) < 4.78 is 34.6. The van der Waals surface area contributed by atoms with E-state index in [1.807, 2.05) is 48.2 Å². The number of carbonyl (C=O) groups excluding carboxylic acids is 1. The summed E-state index contributed by atoms with van der Waals surface area (Å²) in [5, 5.41) is 0. The summed E-state index contributed by atoms with van der Waals surface area (Å²) in [6.45, 7) is 4.54. The second-order valence-electron chi connectivity index (χ2n) is 9.48. The number of rotatable bonds is 7. The van der Waals surface area contributed by atoms with Gasteiger partial charge in [-0.15, -0.1) is 0 Å². The van der Waals surface area contributed by atoms with Crippen molar-refractivity contribution >= 4 is 15.9 Å². The molecule has 2 aliphatic rings. The molecule has 2 aliphatic heterocycles. The molecule has 0 aliphatic carbocycles. The van der Waals surface area contributed by atoms with E-state index >= 15 is 0 Å². The van der Waals surface area contributed by atoms with Crippen molar-refractivity contribution in [1.29, 1.82) is 0 Å². The van der Waals surface area contributed by atoms with Crippen molar-refractivity contribution in [2.45, 2.75) is 50.3 Å². The number of benzene rings is 2. The summed E-state index contributed by atoms with van der Waals surface area (Å²) in [6.07, 6.45) is 5.00. The van der Waals surface area contributed by atoms with Crippen LogP contribution in [0.5, 0.6) is 5.75 Å². The molecule has 0 N–H and O–H groups in total. The maximum atomic E-state index is 13.5. The van der Waals surface area contributed by atoms with Crippen LogP contribution in [0.4, 0.5) is 0 Å². The molecule has 0 saturated carbocycles. The quantitative estimate of drug-likeness (QED) is 0.607. The molecule has 2 fully saturated rings. The molecule has 2 aromatic carbocycles. The molecule has 178 valence electrons. The molecule has 0 bridgehead atoms. The van der Waals surface area contributed by atoms with E-state index < -0.39 is 15.4 Å². The fourth-order valence-electron chi connectivity index (χ4n) is 4.93. The van der Waals surface area contributed by atoms with Gasteiger partial charge in [-0.3, -0.25) is 4.79 Å². The molecule has 7 heteroatoms. The van der Waals surface area contributed by atoms with E-state index in [0.29, 0.717) is 30.9 Å². The Balaban J connectivity index is 1.57. The molecule has 2 aromatic rings. The highest BCUT2D eigenvalue weighted by atomic mass is 32.2. The van der Waals surface area contributed by atoms with Gasteiger partial charge in [0.15, 0.2) is 0 Å². The van der Waals surface area contributed by atoms with Crippen molar-refractivity contribution in [2.75, 3.05) is 32.8 Å². The first kappa shape index (κ1) is 23.8. The molecular weight excluding hydrogens is 436 g/mol. The monoisotopic (exact) mass is 470 g/mol. The Morgan fingerprint density at radius 1 is 0.970 bits per heavy atom. The Kier molecular flexibility index (Phi) is 7.39. The largest absolute Gasteiger partial charge is 0.493 e. The van der Waals surface area contributed by atoms with Gasteiger partial charge in [-0.1, -0.05) is 30.3 Å². The normalized spacial score (nSPS) is 22.2. The minimum Gasteiger partial charge on any atom is -0.493 e. The van der Waals surface area contributed by atoms with Crippen molar-refractivity contribution in [2.24, 2.45) is 5.41 Å². The van der Waals surface area contributed by atoms with Gasteiger partial charge in [0.2, 0.25) is 15.9 Å². The summed E-state index contributed by atoms with van der Waals surface area (Å²) >= 11 is 0. The zero-order valence-corrected chi connectivity index (χ0v) is 20.2. The Morgan fingerprint density at radius 3 is 2.45 bits per heavy atom. The average Bonchev–Trinajstić information content (AvgIpc) is 2.84. The lowest BCUT2D eigenvalue weighted by atomic mass is 9.78. The van der Waals surface area contributed by atoms with Crippen molar-refractivity contribution in [3.8, 4) is 5.75 Å². The molecule has 1 amide bonds. The van der Waals surface area contributed by atoms with Crippen LogP contribution < -0.4 is 4.74 Å². The number of sulfonamides is 1. The number of ether oxygens (including phenoxy) is 1. The summed E-state index contributed by atoms with van der Waals surface area (Å²) in [5.74, 6) is 0.849. The van der Waals surface area contributed by atoms with Crippen LogP contribution in [0.3, 0.4) is 0 Å². The zero-order valence-electron chi connectivity index (χ0n) is 19.4. The molecule has 0 radical (unpaired) electrons. The molecule has 2 heterocycles. The van der Waals surface area contributed by atoms with E-state index in [2.05, 4.69) is 0 Å². The van der Waals surface area contributed by atoms with E-state index in [1.54, 1.807) is 22.5 Å². The Hall–Kier alpha value is -2.38. The van der Waals surface area contributed by atoms with Crippen LogP contribution in [0.15, 0.2) is 59.5 Å². The maximum Gasteiger partial charge on any atom is 0.243 e. The minimum absolute atomic E-state index is 0.112. The molecule has 33 heavy (non-hydrogen) atoms. The highest BCUT2D eigenvalue weighted by Crippen LogP contribution is 2.37. The summed E-state index contributed by atoms with van der Waals surface area (Å²) in [4.78, 5) is 15.5.